The van der Waals surface area contributed by atoms with Gasteiger partial charge in [-0.25, -0.2) is 9.98 Å². The van der Waals surface area contributed by atoms with E-state index in [1.165, 1.54) is 12.1 Å². The van der Waals surface area contributed by atoms with Crippen LogP contribution in [0.15, 0.2) is 47.6 Å². The van der Waals surface area contributed by atoms with Crippen molar-refractivity contribution < 1.29 is 17.9 Å². The first-order valence-corrected chi connectivity index (χ1v) is 10.3. The third kappa shape index (κ3) is 7.22. The van der Waals surface area contributed by atoms with Crippen molar-refractivity contribution in [3.8, 4) is 0 Å². The fourth-order valence-electron chi connectivity index (χ4n) is 3.39. The molecule has 0 amide bonds. The van der Waals surface area contributed by atoms with Crippen molar-refractivity contribution in [1.82, 2.24) is 15.2 Å². The Hall–Kier alpha value is -2.08. The normalized spacial score (nSPS) is 14.7. The number of aliphatic imine (C=N–C) groups is 1. The van der Waals surface area contributed by atoms with E-state index < -0.39 is 11.7 Å². The number of benzene rings is 1. The van der Waals surface area contributed by atoms with Crippen LogP contribution in [-0.4, -0.2) is 55.7 Å². The van der Waals surface area contributed by atoms with Crippen LogP contribution < -0.4 is 10.2 Å². The molecule has 2 aromatic rings. The number of anilines is 1. The van der Waals surface area contributed by atoms with Gasteiger partial charge in [-0.05, 0) is 30.7 Å². The zero-order valence-electron chi connectivity index (χ0n) is 18.2. The summed E-state index contributed by atoms with van der Waals surface area (Å²) in [6.07, 6.45) is -2.55. The average Bonchev–Trinajstić information content (AvgIpc) is 2.77. The van der Waals surface area contributed by atoms with Crippen LogP contribution in [0, 0.1) is 0 Å². The second-order valence-corrected chi connectivity index (χ2v) is 7.31. The van der Waals surface area contributed by atoms with Gasteiger partial charge in [-0.1, -0.05) is 18.2 Å². The van der Waals surface area contributed by atoms with E-state index in [9.17, 15) is 13.2 Å². The number of hydrogen-bond donors (Lipinski definition) is 1. The smallest absolute Gasteiger partial charge is 0.378 e. The minimum Gasteiger partial charge on any atom is -0.378 e. The number of rotatable bonds is 6. The largest absolute Gasteiger partial charge is 0.416 e. The molecule has 1 fully saturated rings. The number of morpholine rings is 1. The number of hydrogen-bond acceptors (Lipinski definition) is 4. The Labute approximate surface area is 203 Å². The maximum absolute atomic E-state index is 12.8. The van der Waals surface area contributed by atoms with E-state index >= 15 is 0 Å². The number of ether oxygens (including phenoxy) is 1. The third-order valence-corrected chi connectivity index (χ3v) is 4.97. The monoisotopic (exact) mass is 563 g/mol. The second-order valence-electron chi connectivity index (χ2n) is 7.31. The number of nitrogens with one attached hydrogen (secondary N) is 1. The third-order valence-electron chi connectivity index (χ3n) is 4.97. The molecular weight excluding hydrogens is 534 g/mol. The van der Waals surface area contributed by atoms with Crippen LogP contribution >= 0.6 is 24.0 Å². The first-order valence-electron chi connectivity index (χ1n) is 10.3. The van der Waals surface area contributed by atoms with E-state index in [4.69, 9.17) is 9.73 Å². The standard InChI is InChI=1S/C22H28F3N5O.HI/c1-3-26-21(29(2)16-17-6-8-19(9-7-17)22(23,24)25)28-15-18-5-4-10-27-20(18)30-11-13-31-14-12-30;/h4-10H,3,11-16H2,1-2H3,(H,26,28);1H. The molecule has 0 bridgehead atoms. The average molecular weight is 563 g/mol. The Bertz CT molecular complexity index is 871. The summed E-state index contributed by atoms with van der Waals surface area (Å²) in [5.74, 6) is 1.59. The Morgan fingerprint density at radius 1 is 1.19 bits per heavy atom. The number of pyridine rings is 1. The van der Waals surface area contributed by atoms with Gasteiger partial charge in [-0.15, -0.1) is 24.0 Å². The molecule has 32 heavy (non-hydrogen) atoms. The van der Waals surface area contributed by atoms with Gasteiger partial charge in [0.15, 0.2) is 5.96 Å². The van der Waals surface area contributed by atoms with Crippen molar-refractivity contribution in [3.63, 3.8) is 0 Å². The lowest BCUT2D eigenvalue weighted by Crippen LogP contribution is -2.39. The predicted octanol–water partition coefficient (Wildman–Crippen LogP) is 4.15. The topological polar surface area (TPSA) is 53.0 Å². The van der Waals surface area contributed by atoms with Gasteiger partial charge >= 0.3 is 6.18 Å². The highest BCUT2D eigenvalue weighted by Gasteiger charge is 2.30. The van der Waals surface area contributed by atoms with E-state index in [1.54, 1.807) is 6.20 Å². The van der Waals surface area contributed by atoms with Gasteiger partial charge in [-0.3, -0.25) is 0 Å². The number of alkyl halides is 3. The lowest BCUT2D eigenvalue weighted by atomic mass is 10.1. The van der Waals surface area contributed by atoms with Crippen LogP contribution in [0.3, 0.4) is 0 Å². The van der Waals surface area contributed by atoms with Crippen LogP contribution in [0.1, 0.15) is 23.6 Å². The highest BCUT2D eigenvalue weighted by Crippen LogP contribution is 2.29. The van der Waals surface area contributed by atoms with E-state index in [-0.39, 0.29) is 24.0 Å². The van der Waals surface area contributed by atoms with Crippen LogP contribution in [0.25, 0.3) is 0 Å². The Morgan fingerprint density at radius 3 is 2.50 bits per heavy atom. The molecule has 0 atom stereocenters. The fraction of sp³-hybridized carbons (Fsp3) is 0.455. The van der Waals surface area contributed by atoms with Crippen molar-refractivity contribution in [1.29, 1.82) is 0 Å². The van der Waals surface area contributed by atoms with Crippen molar-refractivity contribution >= 4 is 35.8 Å². The molecule has 0 aliphatic carbocycles. The van der Waals surface area contributed by atoms with Crippen LogP contribution in [0.4, 0.5) is 19.0 Å². The summed E-state index contributed by atoms with van der Waals surface area (Å²) in [6, 6.07) is 9.13. The quantitative estimate of drug-likeness (QED) is 0.325. The van der Waals surface area contributed by atoms with E-state index in [2.05, 4.69) is 15.2 Å². The molecule has 0 radical (unpaired) electrons. The first kappa shape index (κ1) is 26.2. The Morgan fingerprint density at radius 2 is 1.88 bits per heavy atom. The zero-order chi connectivity index (χ0) is 22.3. The van der Waals surface area contributed by atoms with E-state index in [0.717, 1.165) is 42.2 Å². The van der Waals surface area contributed by atoms with Crippen molar-refractivity contribution in [2.45, 2.75) is 26.2 Å². The van der Waals surface area contributed by atoms with Gasteiger partial charge in [0.2, 0.25) is 0 Å². The lowest BCUT2D eigenvalue weighted by molar-refractivity contribution is -0.137. The number of guanidine groups is 1. The van der Waals surface area contributed by atoms with Crippen molar-refractivity contribution in [2.24, 2.45) is 4.99 Å². The highest BCUT2D eigenvalue weighted by molar-refractivity contribution is 14.0. The summed E-state index contributed by atoms with van der Waals surface area (Å²) in [4.78, 5) is 13.4. The van der Waals surface area contributed by atoms with Crippen LogP contribution in [0.5, 0.6) is 0 Å². The zero-order valence-corrected chi connectivity index (χ0v) is 20.6. The van der Waals surface area contributed by atoms with Gasteiger partial charge < -0.3 is 19.9 Å². The minimum atomic E-state index is -4.33. The second kappa shape index (κ2) is 12.2. The SMILES string of the molecule is CCNC(=NCc1cccnc1N1CCOCC1)N(C)Cc1ccc(C(F)(F)F)cc1.I. The van der Waals surface area contributed by atoms with E-state index in [0.29, 0.717) is 38.8 Å². The molecule has 1 N–H and O–H groups in total. The molecule has 176 valence electrons. The maximum atomic E-state index is 12.8. The predicted molar refractivity (Wildman–Crippen MR) is 130 cm³/mol. The molecule has 1 aliphatic heterocycles. The number of halogens is 4. The van der Waals surface area contributed by atoms with Crippen LogP contribution in [0.2, 0.25) is 0 Å². The first-order chi connectivity index (χ1) is 14.9. The molecule has 0 saturated carbocycles. The Balaban J connectivity index is 0.00000363. The Kier molecular flexibility index (Phi) is 10.0. The lowest BCUT2D eigenvalue weighted by Gasteiger charge is -2.29. The molecule has 1 aromatic carbocycles. The van der Waals surface area contributed by atoms with Gasteiger partial charge in [0.1, 0.15) is 5.82 Å². The van der Waals surface area contributed by atoms with Crippen LogP contribution in [-0.2, 0) is 24.0 Å². The molecule has 10 heteroatoms. The van der Waals surface area contributed by atoms with Crippen molar-refractivity contribution in [2.75, 3.05) is 44.8 Å². The molecule has 1 saturated heterocycles. The highest BCUT2D eigenvalue weighted by atomic mass is 127. The van der Waals surface area contributed by atoms with Crippen molar-refractivity contribution in [3.05, 3.63) is 59.3 Å². The van der Waals surface area contributed by atoms with Gasteiger partial charge in [-0.2, -0.15) is 13.2 Å². The van der Waals surface area contributed by atoms with Gasteiger partial charge in [0.25, 0.3) is 0 Å². The van der Waals surface area contributed by atoms with Gasteiger partial charge in [0.05, 0.1) is 25.3 Å². The number of nitrogens with zero attached hydrogens (tertiary/aromatic N) is 4. The summed E-state index contributed by atoms with van der Waals surface area (Å²) in [7, 11) is 1.87. The molecular formula is C22H29F3IN5O. The molecule has 2 heterocycles. The summed E-state index contributed by atoms with van der Waals surface area (Å²) in [5.41, 5.74) is 1.14. The fourth-order valence-corrected chi connectivity index (χ4v) is 3.39. The van der Waals surface area contributed by atoms with Gasteiger partial charge in [0, 0.05) is 45.0 Å². The summed E-state index contributed by atoms with van der Waals surface area (Å²) in [6.45, 7) is 6.48. The molecule has 1 aromatic heterocycles. The number of aromatic nitrogens is 1. The summed E-state index contributed by atoms with van der Waals surface area (Å²) >= 11 is 0. The molecule has 1 aliphatic rings. The molecule has 0 spiro atoms. The summed E-state index contributed by atoms with van der Waals surface area (Å²) < 4.78 is 43.8. The molecule has 3 rings (SSSR count). The van der Waals surface area contributed by atoms with E-state index in [1.807, 2.05) is 31.0 Å². The summed E-state index contributed by atoms with van der Waals surface area (Å²) in [5, 5.41) is 3.25. The molecule has 0 unspecified atom stereocenters. The molecule has 6 nitrogen and oxygen atoms in total. The minimum absolute atomic E-state index is 0. The maximum Gasteiger partial charge on any atom is 0.416 e.